The standard InChI is InChI=1S/C13H16Cl3NO2/c1-17(13(18)3-2-6-14)7-8-19-10-4-5-11(15)12(16)9-10/h4-5,9H,2-3,6-8H2,1H3. The van der Waals surface area contributed by atoms with Gasteiger partial charge in [-0.3, -0.25) is 4.79 Å². The predicted molar refractivity (Wildman–Crippen MR) is 79.5 cm³/mol. The minimum Gasteiger partial charge on any atom is -0.492 e. The van der Waals surface area contributed by atoms with Gasteiger partial charge in [0.1, 0.15) is 12.4 Å². The zero-order chi connectivity index (χ0) is 14.3. The van der Waals surface area contributed by atoms with Crippen molar-refractivity contribution < 1.29 is 9.53 Å². The summed E-state index contributed by atoms with van der Waals surface area (Å²) in [6.45, 7) is 0.919. The molecule has 106 valence electrons. The third-order valence-corrected chi connectivity index (χ3v) is 3.54. The molecule has 0 atom stereocenters. The Hall–Kier alpha value is -0.640. The Morgan fingerprint density at radius 2 is 2.05 bits per heavy atom. The van der Waals surface area contributed by atoms with Gasteiger partial charge in [-0.05, 0) is 18.6 Å². The van der Waals surface area contributed by atoms with E-state index >= 15 is 0 Å². The molecule has 0 heterocycles. The van der Waals surface area contributed by atoms with Gasteiger partial charge in [-0.2, -0.15) is 0 Å². The predicted octanol–water partition coefficient (Wildman–Crippen LogP) is 3.85. The lowest BCUT2D eigenvalue weighted by Crippen LogP contribution is -2.30. The summed E-state index contributed by atoms with van der Waals surface area (Å²) in [5.41, 5.74) is 0. The van der Waals surface area contributed by atoms with Gasteiger partial charge in [-0.15, -0.1) is 11.6 Å². The molecule has 0 fully saturated rings. The van der Waals surface area contributed by atoms with Gasteiger partial charge in [-0.25, -0.2) is 0 Å². The number of alkyl halides is 1. The molecule has 19 heavy (non-hydrogen) atoms. The fraction of sp³-hybridized carbons (Fsp3) is 0.462. The number of benzene rings is 1. The van der Waals surface area contributed by atoms with E-state index in [0.717, 1.165) is 0 Å². The molecular formula is C13H16Cl3NO2. The van der Waals surface area contributed by atoms with Crippen LogP contribution in [-0.2, 0) is 4.79 Å². The van der Waals surface area contributed by atoms with Gasteiger partial charge < -0.3 is 9.64 Å². The number of amides is 1. The normalized spacial score (nSPS) is 10.3. The number of ether oxygens (including phenoxy) is 1. The number of rotatable bonds is 7. The summed E-state index contributed by atoms with van der Waals surface area (Å²) < 4.78 is 5.50. The second kappa shape index (κ2) is 8.51. The first-order valence-electron chi connectivity index (χ1n) is 5.92. The number of nitrogens with zero attached hydrogens (tertiary/aromatic N) is 1. The third-order valence-electron chi connectivity index (χ3n) is 2.54. The maximum absolute atomic E-state index is 11.6. The van der Waals surface area contributed by atoms with Gasteiger partial charge in [0, 0.05) is 25.4 Å². The number of likely N-dealkylation sites (N-methyl/N-ethyl adjacent to an activating group) is 1. The summed E-state index contributed by atoms with van der Waals surface area (Å²) in [4.78, 5) is 13.2. The minimum absolute atomic E-state index is 0.0680. The summed E-state index contributed by atoms with van der Waals surface area (Å²) >= 11 is 17.2. The number of halogens is 3. The molecule has 0 N–H and O–H groups in total. The molecule has 0 spiro atoms. The largest absolute Gasteiger partial charge is 0.492 e. The van der Waals surface area contributed by atoms with E-state index in [1.54, 1.807) is 30.1 Å². The summed E-state index contributed by atoms with van der Waals surface area (Å²) in [6, 6.07) is 5.07. The van der Waals surface area contributed by atoms with Crippen molar-refractivity contribution in [1.82, 2.24) is 4.90 Å². The number of carbonyl (C=O) groups is 1. The second-order valence-corrected chi connectivity index (χ2v) is 5.22. The molecule has 0 bridgehead atoms. The summed E-state index contributed by atoms with van der Waals surface area (Å²) in [7, 11) is 1.74. The Balaban J connectivity index is 2.33. The van der Waals surface area contributed by atoms with Crippen LogP contribution >= 0.6 is 34.8 Å². The van der Waals surface area contributed by atoms with Crippen molar-refractivity contribution in [2.24, 2.45) is 0 Å². The molecule has 0 saturated heterocycles. The van der Waals surface area contributed by atoms with Crippen LogP contribution in [0.5, 0.6) is 5.75 Å². The lowest BCUT2D eigenvalue weighted by atomic mass is 10.3. The average Bonchev–Trinajstić information content (AvgIpc) is 2.39. The summed E-state index contributed by atoms with van der Waals surface area (Å²) in [5.74, 6) is 1.20. The third kappa shape index (κ3) is 5.89. The maximum atomic E-state index is 11.6. The van der Waals surface area contributed by atoms with Crippen molar-refractivity contribution in [2.75, 3.05) is 26.1 Å². The van der Waals surface area contributed by atoms with E-state index in [2.05, 4.69) is 0 Å². The van der Waals surface area contributed by atoms with E-state index in [1.807, 2.05) is 0 Å². The molecule has 0 aliphatic heterocycles. The monoisotopic (exact) mass is 323 g/mol. The van der Waals surface area contributed by atoms with Crippen LogP contribution in [0.2, 0.25) is 10.0 Å². The van der Waals surface area contributed by atoms with E-state index in [-0.39, 0.29) is 5.91 Å². The van der Waals surface area contributed by atoms with Crippen LogP contribution in [0, 0.1) is 0 Å². The number of hydrogen-bond donors (Lipinski definition) is 0. The highest BCUT2D eigenvalue weighted by molar-refractivity contribution is 6.42. The van der Waals surface area contributed by atoms with E-state index in [0.29, 0.717) is 47.7 Å². The van der Waals surface area contributed by atoms with Gasteiger partial charge in [0.2, 0.25) is 5.91 Å². The SMILES string of the molecule is CN(CCOc1ccc(Cl)c(Cl)c1)C(=O)CCCCl. The van der Waals surface area contributed by atoms with E-state index in [9.17, 15) is 4.79 Å². The Kier molecular flexibility index (Phi) is 7.36. The van der Waals surface area contributed by atoms with Crippen molar-refractivity contribution >= 4 is 40.7 Å². The van der Waals surface area contributed by atoms with Crippen molar-refractivity contribution in [3.05, 3.63) is 28.2 Å². The molecule has 1 rings (SSSR count). The number of hydrogen-bond acceptors (Lipinski definition) is 2. The average molecular weight is 325 g/mol. The molecule has 3 nitrogen and oxygen atoms in total. The van der Waals surface area contributed by atoms with E-state index in [1.165, 1.54) is 0 Å². The van der Waals surface area contributed by atoms with Crippen LogP contribution in [0.1, 0.15) is 12.8 Å². The van der Waals surface area contributed by atoms with Crippen LogP contribution < -0.4 is 4.74 Å². The lowest BCUT2D eigenvalue weighted by molar-refractivity contribution is -0.130. The molecule has 6 heteroatoms. The molecule has 1 aromatic carbocycles. The fourth-order valence-electron chi connectivity index (χ4n) is 1.40. The first kappa shape index (κ1) is 16.4. The Morgan fingerprint density at radius 3 is 2.68 bits per heavy atom. The van der Waals surface area contributed by atoms with Crippen LogP contribution in [0.25, 0.3) is 0 Å². The molecule has 0 saturated carbocycles. The molecule has 0 aromatic heterocycles. The molecule has 0 aliphatic rings. The molecule has 0 unspecified atom stereocenters. The van der Waals surface area contributed by atoms with Crippen molar-refractivity contribution in [1.29, 1.82) is 0 Å². The minimum atomic E-state index is 0.0680. The number of carbonyl (C=O) groups excluding carboxylic acids is 1. The molecular weight excluding hydrogens is 309 g/mol. The first-order valence-corrected chi connectivity index (χ1v) is 7.21. The van der Waals surface area contributed by atoms with Gasteiger partial charge in [-0.1, -0.05) is 23.2 Å². The zero-order valence-electron chi connectivity index (χ0n) is 10.7. The van der Waals surface area contributed by atoms with E-state index in [4.69, 9.17) is 39.5 Å². The highest BCUT2D eigenvalue weighted by Gasteiger charge is 2.08. The maximum Gasteiger partial charge on any atom is 0.222 e. The van der Waals surface area contributed by atoms with Crippen LogP contribution in [0.15, 0.2) is 18.2 Å². The smallest absolute Gasteiger partial charge is 0.222 e. The summed E-state index contributed by atoms with van der Waals surface area (Å²) in [6.07, 6.45) is 1.16. The Morgan fingerprint density at radius 1 is 1.32 bits per heavy atom. The van der Waals surface area contributed by atoms with Crippen LogP contribution in [0.4, 0.5) is 0 Å². The molecule has 1 amide bonds. The highest BCUT2D eigenvalue weighted by Crippen LogP contribution is 2.26. The van der Waals surface area contributed by atoms with E-state index < -0.39 is 0 Å². The fourth-order valence-corrected chi connectivity index (χ4v) is 1.82. The first-order chi connectivity index (χ1) is 9.04. The van der Waals surface area contributed by atoms with Crippen molar-refractivity contribution in [3.8, 4) is 5.75 Å². The van der Waals surface area contributed by atoms with Gasteiger partial charge in [0.25, 0.3) is 0 Å². The van der Waals surface area contributed by atoms with Crippen LogP contribution in [0.3, 0.4) is 0 Å². The van der Waals surface area contributed by atoms with Gasteiger partial charge >= 0.3 is 0 Å². The second-order valence-electron chi connectivity index (χ2n) is 4.03. The quantitative estimate of drug-likeness (QED) is 0.713. The van der Waals surface area contributed by atoms with Gasteiger partial charge in [0.15, 0.2) is 0 Å². The Bertz CT molecular complexity index is 426. The summed E-state index contributed by atoms with van der Waals surface area (Å²) in [5, 5.41) is 0.938. The van der Waals surface area contributed by atoms with Gasteiger partial charge in [0.05, 0.1) is 16.6 Å². The highest BCUT2D eigenvalue weighted by atomic mass is 35.5. The molecule has 1 aromatic rings. The Labute approximate surface area is 128 Å². The van der Waals surface area contributed by atoms with Crippen LogP contribution in [-0.4, -0.2) is 36.9 Å². The lowest BCUT2D eigenvalue weighted by Gasteiger charge is -2.17. The topological polar surface area (TPSA) is 29.5 Å². The molecule has 0 radical (unpaired) electrons. The zero-order valence-corrected chi connectivity index (χ0v) is 12.9. The van der Waals surface area contributed by atoms with Crippen molar-refractivity contribution in [3.63, 3.8) is 0 Å². The molecule has 0 aliphatic carbocycles. The van der Waals surface area contributed by atoms with Crippen molar-refractivity contribution in [2.45, 2.75) is 12.8 Å².